The minimum atomic E-state index is 0. The maximum Gasteiger partial charge on any atom is 0.213 e. The Kier molecular flexibility index (Phi) is 11.2. The summed E-state index contributed by atoms with van der Waals surface area (Å²) in [7, 11) is 0. The third kappa shape index (κ3) is 8.31. The molecule has 6 nitrogen and oxygen atoms in total. The number of thiazole rings is 1. The van der Waals surface area contributed by atoms with Crippen molar-refractivity contribution in [3.8, 4) is 5.88 Å². The van der Waals surface area contributed by atoms with E-state index in [2.05, 4.69) is 44.8 Å². The number of ether oxygens (including phenoxy) is 1. The van der Waals surface area contributed by atoms with Crippen LogP contribution < -0.4 is 15.4 Å². The number of halogens is 1. The van der Waals surface area contributed by atoms with Crippen molar-refractivity contribution in [1.82, 2.24) is 20.6 Å². The van der Waals surface area contributed by atoms with Crippen molar-refractivity contribution >= 4 is 41.3 Å². The number of hydrogen-bond donors (Lipinski definition) is 2. The minimum Gasteiger partial charge on any atom is -0.478 e. The molecule has 2 heterocycles. The summed E-state index contributed by atoms with van der Waals surface area (Å²) in [4.78, 5) is 13.4. The molecule has 2 aromatic rings. The number of nitrogens with one attached hydrogen (secondary N) is 2. The first kappa shape index (κ1) is 22.6. The summed E-state index contributed by atoms with van der Waals surface area (Å²) in [5.41, 5.74) is 2.17. The van der Waals surface area contributed by atoms with E-state index in [9.17, 15) is 0 Å². The first-order chi connectivity index (χ1) is 12.2. The van der Waals surface area contributed by atoms with Gasteiger partial charge >= 0.3 is 0 Å². The predicted molar refractivity (Wildman–Crippen MR) is 119 cm³/mol. The molecule has 0 atom stereocenters. The number of aromatic nitrogens is 2. The van der Waals surface area contributed by atoms with Gasteiger partial charge in [0.2, 0.25) is 5.88 Å². The van der Waals surface area contributed by atoms with Gasteiger partial charge in [-0.3, -0.25) is 0 Å². The molecule has 0 saturated heterocycles. The van der Waals surface area contributed by atoms with Crippen LogP contribution in [0, 0.1) is 6.92 Å². The van der Waals surface area contributed by atoms with Crippen molar-refractivity contribution < 1.29 is 4.74 Å². The average Bonchev–Trinajstić information content (AvgIpc) is 3.04. The summed E-state index contributed by atoms with van der Waals surface area (Å²) in [5.74, 6) is 1.47. The molecule has 0 aliphatic carbocycles. The van der Waals surface area contributed by atoms with Gasteiger partial charge in [0.15, 0.2) is 5.96 Å². The van der Waals surface area contributed by atoms with Crippen molar-refractivity contribution in [2.75, 3.05) is 19.7 Å². The van der Waals surface area contributed by atoms with E-state index in [1.54, 1.807) is 11.3 Å². The lowest BCUT2D eigenvalue weighted by Crippen LogP contribution is -2.38. The minimum absolute atomic E-state index is 0. The summed E-state index contributed by atoms with van der Waals surface area (Å²) in [6.07, 6.45) is 3.68. The Morgan fingerprint density at radius 3 is 2.73 bits per heavy atom. The smallest absolute Gasteiger partial charge is 0.213 e. The Morgan fingerprint density at radius 2 is 2.12 bits per heavy atom. The van der Waals surface area contributed by atoms with Gasteiger partial charge in [0.05, 0.1) is 23.9 Å². The third-order valence-corrected chi connectivity index (χ3v) is 4.18. The van der Waals surface area contributed by atoms with Gasteiger partial charge in [0.25, 0.3) is 0 Å². The lowest BCUT2D eigenvalue weighted by Gasteiger charge is -2.10. The number of pyridine rings is 1. The van der Waals surface area contributed by atoms with Crippen LogP contribution in [-0.2, 0) is 13.0 Å². The van der Waals surface area contributed by atoms with E-state index >= 15 is 0 Å². The highest BCUT2D eigenvalue weighted by molar-refractivity contribution is 14.0. The topological polar surface area (TPSA) is 71.4 Å². The molecule has 26 heavy (non-hydrogen) atoms. The van der Waals surface area contributed by atoms with E-state index in [4.69, 9.17) is 4.74 Å². The zero-order valence-electron chi connectivity index (χ0n) is 15.6. The van der Waals surface area contributed by atoms with Crippen LogP contribution in [-0.4, -0.2) is 35.6 Å². The summed E-state index contributed by atoms with van der Waals surface area (Å²) in [6, 6.07) is 3.90. The second kappa shape index (κ2) is 12.9. The highest BCUT2D eigenvalue weighted by Crippen LogP contribution is 2.09. The zero-order chi connectivity index (χ0) is 17.9. The molecule has 0 bridgehead atoms. The zero-order valence-corrected chi connectivity index (χ0v) is 18.8. The van der Waals surface area contributed by atoms with Crippen LogP contribution in [0.5, 0.6) is 5.88 Å². The van der Waals surface area contributed by atoms with Gasteiger partial charge < -0.3 is 15.4 Å². The Labute approximate surface area is 176 Å². The molecule has 0 unspecified atom stereocenters. The standard InChI is InChI=1S/C18H27N5OS.HI/c1-4-10-24-17-7-6-15(11-21-17)12-22-18(19-5-2)20-9-8-16-13-25-14(3)23-16;/h6-7,11,13H,4-5,8-10,12H2,1-3H3,(H2,19,20,22);1H. The summed E-state index contributed by atoms with van der Waals surface area (Å²) >= 11 is 1.69. The molecule has 144 valence electrons. The van der Waals surface area contributed by atoms with Crippen molar-refractivity contribution in [1.29, 1.82) is 0 Å². The molecule has 2 aromatic heterocycles. The van der Waals surface area contributed by atoms with Crippen molar-refractivity contribution in [3.05, 3.63) is 40.0 Å². The van der Waals surface area contributed by atoms with Crippen LogP contribution in [0.3, 0.4) is 0 Å². The number of nitrogens with zero attached hydrogens (tertiary/aromatic N) is 3. The fourth-order valence-electron chi connectivity index (χ4n) is 2.14. The van der Waals surface area contributed by atoms with E-state index < -0.39 is 0 Å². The van der Waals surface area contributed by atoms with Gasteiger partial charge in [-0.2, -0.15) is 0 Å². The summed E-state index contributed by atoms with van der Waals surface area (Å²) in [5, 5.41) is 9.82. The van der Waals surface area contributed by atoms with E-state index in [-0.39, 0.29) is 24.0 Å². The van der Waals surface area contributed by atoms with E-state index in [0.717, 1.165) is 48.2 Å². The predicted octanol–water partition coefficient (Wildman–Crippen LogP) is 3.55. The van der Waals surface area contributed by atoms with Gasteiger partial charge in [0, 0.05) is 37.2 Å². The number of aliphatic imine (C=N–C) groups is 1. The number of aryl methyl sites for hydroxylation is 1. The molecule has 0 radical (unpaired) electrons. The van der Waals surface area contributed by atoms with Crippen LogP contribution in [0.15, 0.2) is 28.7 Å². The van der Waals surface area contributed by atoms with Crippen molar-refractivity contribution in [2.45, 2.75) is 40.2 Å². The molecule has 0 amide bonds. The Bertz CT molecular complexity index is 660. The normalized spacial score (nSPS) is 11.0. The Morgan fingerprint density at radius 1 is 1.27 bits per heavy atom. The van der Waals surface area contributed by atoms with Gasteiger partial charge in [-0.1, -0.05) is 13.0 Å². The second-order valence-electron chi connectivity index (χ2n) is 5.58. The highest BCUT2D eigenvalue weighted by atomic mass is 127. The van der Waals surface area contributed by atoms with E-state index in [1.165, 1.54) is 0 Å². The molecular weight excluding hydrogens is 461 g/mol. The van der Waals surface area contributed by atoms with Crippen LogP contribution in [0.2, 0.25) is 0 Å². The van der Waals surface area contributed by atoms with E-state index in [1.807, 2.05) is 25.3 Å². The second-order valence-corrected chi connectivity index (χ2v) is 6.65. The summed E-state index contributed by atoms with van der Waals surface area (Å²) < 4.78 is 5.49. The Hall–Kier alpha value is -1.42. The fourth-order valence-corrected chi connectivity index (χ4v) is 2.79. The molecule has 2 rings (SSSR count). The number of rotatable bonds is 9. The maximum atomic E-state index is 5.49. The number of guanidine groups is 1. The molecule has 2 N–H and O–H groups in total. The average molecular weight is 489 g/mol. The quantitative estimate of drug-likeness (QED) is 0.320. The molecule has 0 aliphatic heterocycles. The van der Waals surface area contributed by atoms with Gasteiger partial charge in [-0.15, -0.1) is 35.3 Å². The lowest BCUT2D eigenvalue weighted by atomic mass is 10.3. The first-order valence-corrected chi connectivity index (χ1v) is 9.60. The van der Waals surface area contributed by atoms with Gasteiger partial charge in [-0.05, 0) is 25.8 Å². The third-order valence-electron chi connectivity index (χ3n) is 3.36. The molecule has 0 fully saturated rings. The van der Waals surface area contributed by atoms with Crippen LogP contribution in [0.25, 0.3) is 0 Å². The van der Waals surface area contributed by atoms with Gasteiger partial charge in [0.1, 0.15) is 0 Å². The van der Waals surface area contributed by atoms with Crippen LogP contribution in [0.4, 0.5) is 0 Å². The maximum absolute atomic E-state index is 5.49. The van der Waals surface area contributed by atoms with Crippen molar-refractivity contribution in [3.63, 3.8) is 0 Å². The molecule has 0 aromatic carbocycles. The molecule has 0 spiro atoms. The monoisotopic (exact) mass is 489 g/mol. The van der Waals surface area contributed by atoms with Crippen LogP contribution >= 0.6 is 35.3 Å². The van der Waals surface area contributed by atoms with Crippen LogP contribution in [0.1, 0.15) is 36.5 Å². The molecular formula is C18H28IN5OS. The van der Waals surface area contributed by atoms with Gasteiger partial charge in [-0.25, -0.2) is 15.0 Å². The highest BCUT2D eigenvalue weighted by Gasteiger charge is 2.01. The Balaban J connectivity index is 0.00000338. The number of hydrogen-bond acceptors (Lipinski definition) is 5. The summed E-state index contributed by atoms with van der Waals surface area (Å²) in [6.45, 7) is 9.06. The molecule has 8 heteroatoms. The molecule has 0 aliphatic rings. The van der Waals surface area contributed by atoms with E-state index in [0.29, 0.717) is 19.0 Å². The first-order valence-electron chi connectivity index (χ1n) is 8.72. The largest absolute Gasteiger partial charge is 0.478 e. The molecule has 0 saturated carbocycles. The fraction of sp³-hybridized carbons (Fsp3) is 0.500. The van der Waals surface area contributed by atoms with Crippen molar-refractivity contribution in [2.24, 2.45) is 4.99 Å². The lowest BCUT2D eigenvalue weighted by molar-refractivity contribution is 0.305. The SMILES string of the molecule is CCCOc1ccc(CN=C(NCC)NCCc2csc(C)n2)cn1.I.